The molecule has 0 aliphatic carbocycles. The van der Waals surface area contributed by atoms with E-state index in [-0.39, 0.29) is 11.9 Å². The first-order valence-corrected chi connectivity index (χ1v) is 5.28. The molecule has 0 saturated heterocycles. The van der Waals surface area contributed by atoms with Crippen LogP contribution in [0.4, 0.5) is 5.13 Å². The Bertz CT molecular complexity index is 315. The molecule has 0 radical (unpaired) electrons. The van der Waals surface area contributed by atoms with E-state index >= 15 is 0 Å². The van der Waals surface area contributed by atoms with Gasteiger partial charge in [-0.25, -0.2) is 4.98 Å². The van der Waals surface area contributed by atoms with Crippen LogP contribution in [0.3, 0.4) is 0 Å². The summed E-state index contributed by atoms with van der Waals surface area (Å²) in [5, 5.41) is 6.30. The Labute approximate surface area is 87.7 Å². The zero-order chi connectivity index (χ0) is 10.7. The molecule has 0 spiro atoms. The van der Waals surface area contributed by atoms with Crippen LogP contribution >= 0.6 is 11.3 Å². The van der Waals surface area contributed by atoms with Gasteiger partial charge in [0, 0.05) is 4.88 Å². The van der Waals surface area contributed by atoms with Gasteiger partial charge in [0.25, 0.3) is 0 Å². The molecule has 1 aromatic heterocycles. The van der Waals surface area contributed by atoms with Crippen molar-refractivity contribution >= 4 is 22.4 Å². The zero-order valence-corrected chi connectivity index (χ0v) is 9.66. The van der Waals surface area contributed by atoms with E-state index in [9.17, 15) is 4.79 Å². The molecule has 78 valence electrons. The fourth-order valence-corrected chi connectivity index (χ4v) is 1.69. The number of rotatable bonds is 3. The van der Waals surface area contributed by atoms with Crippen molar-refractivity contribution in [3.8, 4) is 0 Å². The first kappa shape index (κ1) is 11.1. The summed E-state index contributed by atoms with van der Waals surface area (Å²) in [7, 11) is 1.75. The van der Waals surface area contributed by atoms with Gasteiger partial charge in [0.15, 0.2) is 5.13 Å². The van der Waals surface area contributed by atoms with Crippen molar-refractivity contribution in [2.45, 2.75) is 26.8 Å². The number of amides is 1. The molecule has 1 amide bonds. The average Bonchev–Trinajstić information content (AvgIpc) is 2.44. The molecule has 1 rings (SSSR count). The van der Waals surface area contributed by atoms with Gasteiger partial charge in [0.05, 0.1) is 11.7 Å². The van der Waals surface area contributed by atoms with Crippen molar-refractivity contribution in [2.24, 2.45) is 0 Å². The smallest absolute Gasteiger partial charge is 0.242 e. The van der Waals surface area contributed by atoms with E-state index < -0.39 is 0 Å². The lowest BCUT2D eigenvalue weighted by Gasteiger charge is -2.08. The molecular formula is C9H15N3OS. The number of nitrogens with zero attached hydrogens (tertiary/aromatic N) is 1. The van der Waals surface area contributed by atoms with Crippen LogP contribution in [0.25, 0.3) is 0 Å². The minimum absolute atomic E-state index is 0.0544. The van der Waals surface area contributed by atoms with Crippen LogP contribution in [0.1, 0.15) is 17.5 Å². The summed E-state index contributed by atoms with van der Waals surface area (Å²) in [6, 6.07) is -0.195. The molecule has 0 fully saturated rings. The van der Waals surface area contributed by atoms with Gasteiger partial charge in [-0.15, -0.1) is 11.3 Å². The van der Waals surface area contributed by atoms with E-state index in [4.69, 9.17) is 0 Å². The number of nitrogens with one attached hydrogen (secondary N) is 2. The normalized spacial score (nSPS) is 12.6. The Morgan fingerprint density at radius 2 is 2.14 bits per heavy atom. The van der Waals surface area contributed by atoms with Gasteiger partial charge in [0.2, 0.25) is 5.91 Å². The monoisotopic (exact) mass is 213 g/mol. The van der Waals surface area contributed by atoms with Gasteiger partial charge in [-0.3, -0.25) is 4.79 Å². The molecule has 14 heavy (non-hydrogen) atoms. The third kappa shape index (κ3) is 2.52. The summed E-state index contributed by atoms with van der Waals surface area (Å²) >= 11 is 1.50. The summed E-state index contributed by atoms with van der Waals surface area (Å²) in [5.74, 6) is -0.0544. The third-order valence-electron chi connectivity index (χ3n) is 2.08. The fourth-order valence-electron chi connectivity index (χ4n) is 0.871. The average molecular weight is 213 g/mol. The first-order chi connectivity index (χ1) is 6.54. The van der Waals surface area contributed by atoms with Crippen LogP contribution in [0, 0.1) is 13.8 Å². The van der Waals surface area contributed by atoms with Crippen molar-refractivity contribution in [3.63, 3.8) is 0 Å². The maximum Gasteiger partial charge on any atom is 0.242 e. The number of hydrogen-bond donors (Lipinski definition) is 2. The number of thiazole rings is 1. The van der Waals surface area contributed by atoms with E-state index in [0.717, 1.165) is 10.6 Å². The second-order valence-electron chi connectivity index (χ2n) is 3.16. The molecule has 0 aromatic carbocycles. The second-order valence-corrected chi connectivity index (χ2v) is 4.36. The summed E-state index contributed by atoms with van der Waals surface area (Å²) < 4.78 is 0. The lowest BCUT2D eigenvalue weighted by atomic mass is 10.3. The van der Waals surface area contributed by atoms with Gasteiger partial charge < -0.3 is 10.6 Å². The van der Waals surface area contributed by atoms with Gasteiger partial charge >= 0.3 is 0 Å². The Kier molecular flexibility index (Phi) is 3.60. The second kappa shape index (κ2) is 4.52. The molecule has 0 aliphatic heterocycles. The van der Waals surface area contributed by atoms with Gasteiger partial charge in [-0.1, -0.05) is 0 Å². The van der Waals surface area contributed by atoms with Gasteiger partial charge in [-0.2, -0.15) is 0 Å². The fraction of sp³-hybridized carbons (Fsp3) is 0.556. The topological polar surface area (TPSA) is 54.0 Å². The van der Waals surface area contributed by atoms with E-state index in [1.54, 1.807) is 7.05 Å². The summed E-state index contributed by atoms with van der Waals surface area (Å²) in [4.78, 5) is 16.8. The number of hydrogen-bond acceptors (Lipinski definition) is 4. The Balaban J connectivity index is 2.65. The van der Waals surface area contributed by atoms with Crippen molar-refractivity contribution in [2.75, 3.05) is 12.4 Å². The molecule has 2 N–H and O–H groups in total. The van der Waals surface area contributed by atoms with Crippen LogP contribution in [0.5, 0.6) is 0 Å². The first-order valence-electron chi connectivity index (χ1n) is 4.46. The molecule has 5 heteroatoms. The highest BCUT2D eigenvalue weighted by atomic mass is 32.1. The van der Waals surface area contributed by atoms with Crippen molar-refractivity contribution in [1.82, 2.24) is 10.3 Å². The van der Waals surface area contributed by atoms with Crippen molar-refractivity contribution in [3.05, 3.63) is 10.6 Å². The van der Waals surface area contributed by atoms with E-state index in [2.05, 4.69) is 15.6 Å². The Hall–Kier alpha value is -0.940. The van der Waals surface area contributed by atoms with Gasteiger partial charge in [-0.05, 0) is 27.8 Å². The van der Waals surface area contributed by atoms with Gasteiger partial charge in [0.1, 0.15) is 0 Å². The number of aromatic nitrogens is 1. The molecule has 1 aromatic rings. The molecule has 0 aliphatic rings. The predicted octanol–water partition coefficient (Wildman–Crippen LogP) is 1.31. The van der Waals surface area contributed by atoms with Crippen LogP contribution < -0.4 is 10.6 Å². The van der Waals surface area contributed by atoms with Crippen LogP contribution in [0.2, 0.25) is 0 Å². The Morgan fingerprint density at radius 1 is 1.50 bits per heavy atom. The molecule has 4 nitrogen and oxygen atoms in total. The van der Waals surface area contributed by atoms with E-state index in [0.29, 0.717) is 5.13 Å². The number of carbonyl (C=O) groups excluding carboxylic acids is 1. The largest absolute Gasteiger partial charge is 0.309 e. The SMILES string of the molecule is CNC(C)C(=O)Nc1nc(C)c(C)s1. The lowest BCUT2D eigenvalue weighted by molar-refractivity contribution is -0.117. The third-order valence-corrected chi connectivity index (χ3v) is 3.07. The van der Waals surface area contributed by atoms with Crippen molar-refractivity contribution in [1.29, 1.82) is 0 Å². The molecule has 0 bridgehead atoms. The zero-order valence-electron chi connectivity index (χ0n) is 8.84. The quantitative estimate of drug-likeness (QED) is 0.796. The predicted molar refractivity (Wildman–Crippen MR) is 58.7 cm³/mol. The number of carbonyl (C=O) groups is 1. The minimum atomic E-state index is -0.195. The molecule has 1 heterocycles. The number of anilines is 1. The summed E-state index contributed by atoms with van der Waals surface area (Å²) in [6.45, 7) is 5.73. The Morgan fingerprint density at radius 3 is 2.57 bits per heavy atom. The maximum atomic E-state index is 11.5. The number of aryl methyl sites for hydroxylation is 2. The lowest BCUT2D eigenvalue weighted by Crippen LogP contribution is -2.35. The van der Waals surface area contributed by atoms with Crippen LogP contribution in [0.15, 0.2) is 0 Å². The molecular weight excluding hydrogens is 198 g/mol. The molecule has 0 saturated carbocycles. The minimum Gasteiger partial charge on any atom is -0.309 e. The highest BCUT2D eigenvalue weighted by molar-refractivity contribution is 7.15. The van der Waals surface area contributed by atoms with Crippen LogP contribution in [-0.2, 0) is 4.79 Å². The van der Waals surface area contributed by atoms with Crippen molar-refractivity contribution < 1.29 is 4.79 Å². The summed E-state index contributed by atoms with van der Waals surface area (Å²) in [6.07, 6.45) is 0. The maximum absolute atomic E-state index is 11.5. The van der Waals surface area contributed by atoms with Crippen LogP contribution in [-0.4, -0.2) is 24.0 Å². The number of likely N-dealkylation sites (N-methyl/N-ethyl adjacent to an activating group) is 1. The summed E-state index contributed by atoms with van der Waals surface area (Å²) in [5.41, 5.74) is 0.974. The van der Waals surface area contributed by atoms with E-state index in [1.165, 1.54) is 11.3 Å². The molecule has 1 atom stereocenters. The van der Waals surface area contributed by atoms with E-state index in [1.807, 2.05) is 20.8 Å². The molecule has 1 unspecified atom stereocenters. The highest BCUT2D eigenvalue weighted by Gasteiger charge is 2.12. The highest BCUT2D eigenvalue weighted by Crippen LogP contribution is 2.20. The standard InChI is InChI=1S/C9H15N3OS/c1-5-7(3)14-9(11-5)12-8(13)6(2)10-4/h6,10H,1-4H3,(H,11,12,13).